The molecular formula is C25H21N5O2S. The van der Waals surface area contributed by atoms with Crippen molar-refractivity contribution in [1.29, 1.82) is 0 Å². The Morgan fingerprint density at radius 2 is 1.82 bits per heavy atom. The molecule has 0 spiro atoms. The highest BCUT2D eigenvalue weighted by Crippen LogP contribution is 2.42. The van der Waals surface area contributed by atoms with E-state index in [1.165, 1.54) is 6.07 Å². The fourth-order valence-corrected chi connectivity index (χ4v) is 4.68. The van der Waals surface area contributed by atoms with Crippen molar-refractivity contribution in [3.05, 3.63) is 118 Å². The predicted octanol–water partition coefficient (Wildman–Crippen LogP) is 5.27. The molecule has 5 rings (SSSR count). The predicted molar refractivity (Wildman–Crippen MR) is 132 cm³/mol. The molecule has 7 nitrogen and oxygen atoms in total. The van der Waals surface area contributed by atoms with E-state index in [0.29, 0.717) is 10.8 Å². The minimum Gasteiger partial charge on any atom is -0.351 e. The number of non-ortho nitro benzene ring substituents is 1. The van der Waals surface area contributed by atoms with Crippen molar-refractivity contribution >= 4 is 28.7 Å². The van der Waals surface area contributed by atoms with Gasteiger partial charge in [-0.25, -0.2) is 0 Å². The van der Waals surface area contributed by atoms with E-state index in [0.717, 1.165) is 22.6 Å². The summed E-state index contributed by atoms with van der Waals surface area (Å²) < 4.78 is 1.98. The monoisotopic (exact) mass is 455 g/mol. The standard InChI is InChI=1S/C25H21N5O2S/c1-17-7-4-9-19(15-17)29-24(23(27-25(29)33)21-11-2-3-13-26-21)22-12-6-14-28(22)18-8-5-10-20(16-18)30(31)32/h2-16,23-24H,1H3,(H,27,33)/t23-,24-/m1/s1. The molecule has 0 unspecified atom stereocenters. The molecule has 0 aliphatic carbocycles. The van der Waals surface area contributed by atoms with E-state index in [9.17, 15) is 10.1 Å². The Morgan fingerprint density at radius 1 is 1.00 bits per heavy atom. The fourth-order valence-electron chi connectivity index (χ4n) is 4.34. The summed E-state index contributed by atoms with van der Waals surface area (Å²) in [7, 11) is 0. The summed E-state index contributed by atoms with van der Waals surface area (Å²) in [5.74, 6) is 0. The van der Waals surface area contributed by atoms with Crippen LogP contribution in [0.3, 0.4) is 0 Å². The molecular weight excluding hydrogens is 434 g/mol. The lowest BCUT2D eigenvalue weighted by Gasteiger charge is -2.29. The van der Waals surface area contributed by atoms with Crippen LogP contribution >= 0.6 is 12.2 Å². The highest BCUT2D eigenvalue weighted by Gasteiger charge is 2.42. The van der Waals surface area contributed by atoms with Gasteiger partial charge in [-0.05, 0) is 67.2 Å². The average molecular weight is 456 g/mol. The lowest BCUT2D eigenvalue weighted by atomic mass is 10.0. The van der Waals surface area contributed by atoms with Crippen LogP contribution < -0.4 is 10.2 Å². The number of hydrogen-bond donors (Lipinski definition) is 1. The topological polar surface area (TPSA) is 76.2 Å². The number of nitro benzene ring substituents is 1. The summed E-state index contributed by atoms with van der Waals surface area (Å²) in [4.78, 5) is 17.7. The molecule has 33 heavy (non-hydrogen) atoms. The minimum absolute atomic E-state index is 0.0454. The number of nitro groups is 1. The summed E-state index contributed by atoms with van der Waals surface area (Å²) in [5, 5.41) is 15.4. The fraction of sp³-hybridized carbons (Fsp3) is 0.120. The highest BCUT2D eigenvalue weighted by molar-refractivity contribution is 7.80. The van der Waals surface area contributed by atoms with E-state index in [4.69, 9.17) is 12.2 Å². The minimum atomic E-state index is -0.380. The molecule has 0 saturated carbocycles. The molecule has 0 radical (unpaired) electrons. The van der Waals surface area contributed by atoms with Gasteiger partial charge < -0.3 is 14.8 Å². The molecule has 2 aromatic heterocycles. The van der Waals surface area contributed by atoms with Gasteiger partial charge in [-0.2, -0.15) is 0 Å². The van der Waals surface area contributed by atoms with Gasteiger partial charge in [0.2, 0.25) is 0 Å². The van der Waals surface area contributed by atoms with Crippen molar-refractivity contribution in [3.63, 3.8) is 0 Å². The van der Waals surface area contributed by atoms with Crippen molar-refractivity contribution in [2.24, 2.45) is 0 Å². The van der Waals surface area contributed by atoms with Crippen LogP contribution in [-0.4, -0.2) is 19.6 Å². The van der Waals surface area contributed by atoms with Crippen LogP contribution in [0.1, 0.15) is 29.0 Å². The molecule has 3 heterocycles. The van der Waals surface area contributed by atoms with E-state index < -0.39 is 0 Å². The molecule has 4 aromatic rings. The van der Waals surface area contributed by atoms with Crippen molar-refractivity contribution in [1.82, 2.24) is 14.9 Å². The van der Waals surface area contributed by atoms with Gasteiger partial charge in [0, 0.05) is 35.9 Å². The van der Waals surface area contributed by atoms with E-state index >= 15 is 0 Å². The van der Waals surface area contributed by atoms with Gasteiger partial charge in [-0.15, -0.1) is 0 Å². The summed E-state index contributed by atoms with van der Waals surface area (Å²) in [6, 6.07) is 24.2. The van der Waals surface area contributed by atoms with Crippen molar-refractivity contribution in [3.8, 4) is 5.69 Å². The van der Waals surface area contributed by atoms with Gasteiger partial charge >= 0.3 is 0 Å². The lowest BCUT2D eigenvalue weighted by molar-refractivity contribution is -0.384. The van der Waals surface area contributed by atoms with Crippen LogP contribution in [0.4, 0.5) is 11.4 Å². The van der Waals surface area contributed by atoms with Crippen LogP contribution in [0.5, 0.6) is 0 Å². The number of benzene rings is 2. The number of anilines is 1. The third-order valence-corrected chi connectivity index (χ3v) is 6.09. The number of aryl methyl sites for hydroxylation is 1. The first-order chi connectivity index (χ1) is 16.0. The zero-order valence-electron chi connectivity index (χ0n) is 17.8. The summed E-state index contributed by atoms with van der Waals surface area (Å²) in [6.45, 7) is 2.05. The second-order valence-corrected chi connectivity index (χ2v) is 8.30. The molecule has 2 aromatic carbocycles. The number of pyridine rings is 1. The summed E-state index contributed by atoms with van der Waals surface area (Å²) >= 11 is 5.80. The second-order valence-electron chi connectivity index (χ2n) is 7.92. The second kappa shape index (κ2) is 8.48. The van der Waals surface area contributed by atoms with Crippen molar-refractivity contribution < 1.29 is 4.92 Å². The zero-order valence-corrected chi connectivity index (χ0v) is 18.6. The Bertz CT molecular complexity index is 1340. The molecule has 1 aliphatic rings. The Kier molecular flexibility index (Phi) is 5.35. The Labute approximate surface area is 196 Å². The molecule has 164 valence electrons. The first-order valence-corrected chi connectivity index (χ1v) is 10.9. The molecule has 1 N–H and O–H groups in total. The van der Waals surface area contributed by atoms with Gasteiger partial charge in [0.25, 0.3) is 5.69 Å². The number of aromatic nitrogens is 2. The Hall–Kier alpha value is -4.04. The average Bonchev–Trinajstić information content (AvgIpc) is 3.44. The first kappa shape index (κ1) is 20.8. The van der Waals surface area contributed by atoms with Gasteiger partial charge in [0.05, 0.1) is 22.3 Å². The maximum absolute atomic E-state index is 11.4. The summed E-state index contributed by atoms with van der Waals surface area (Å²) in [6.07, 6.45) is 3.69. The number of nitrogens with one attached hydrogen (secondary N) is 1. The molecule has 1 fully saturated rings. The quantitative estimate of drug-likeness (QED) is 0.251. The van der Waals surface area contributed by atoms with E-state index in [-0.39, 0.29) is 22.7 Å². The van der Waals surface area contributed by atoms with Gasteiger partial charge in [0.15, 0.2) is 5.11 Å². The van der Waals surface area contributed by atoms with E-state index in [2.05, 4.69) is 21.3 Å². The molecule has 2 atom stereocenters. The zero-order chi connectivity index (χ0) is 22.9. The SMILES string of the molecule is Cc1cccc(N2C(=S)N[C@H](c3ccccn3)[C@H]2c2cccn2-c2cccc([N+](=O)[O-])c2)c1. The van der Waals surface area contributed by atoms with E-state index in [1.54, 1.807) is 18.3 Å². The lowest BCUT2D eigenvalue weighted by Crippen LogP contribution is -2.30. The largest absolute Gasteiger partial charge is 0.351 e. The smallest absolute Gasteiger partial charge is 0.271 e. The molecule has 0 bridgehead atoms. The van der Waals surface area contributed by atoms with Crippen molar-refractivity contribution in [2.75, 3.05) is 4.90 Å². The Balaban J connectivity index is 1.67. The number of thiocarbonyl (C=S) groups is 1. The maximum atomic E-state index is 11.4. The first-order valence-electron chi connectivity index (χ1n) is 10.5. The third-order valence-electron chi connectivity index (χ3n) is 5.78. The molecule has 1 saturated heterocycles. The molecule has 8 heteroatoms. The molecule has 0 amide bonds. The number of rotatable bonds is 5. The third kappa shape index (κ3) is 3.85. The number of nitrogens with zero attached hydrogens (tertiary/aromatic N) is 4. The highest BCUT2D eigenvalue weighted by atomic mass is 32.1. The van der Waals surface area contributed by atoms with E-state index in [1.807, 2.05) is 72.3 Å². The Morgan fingerprint density at radius 3 is 2.58 bits per heavy atom. The number of hydrogen-bond acceptors (Lipinski definition) is 4. The van der Waals surface area contributed by atoms with Crippen LogP contribution in [0.25, 0.3) is 5.69 Å². The van der Waals surface area contributed by atoms with Gasteiger partial charge in [0.1, 0.15) is 6.04 Å². The summed E-state index contributed by atoms with van der Waals surface area (Å²) in [5.41, 5.74) is 4.67. The van der Waals surface area contributed by atoms with Gasteiger partial charge in [-0.3, -0.25) is 15.1 Å². The van der Waals surface area contributed by atoms with Crippen LogP contribution in [0.2, 0.25) is 0 Å². The van der Waals surface area contributed by atoms with Crippen molar-refractivity contribution in [2.45, 2.75) is 19.0 Å². The molecule has 1 aliphatic heterocycles. The van der Waals surface area contributed by atoms with Crippen LogP contribution in [0, 0.1) is 17.0 Å². The van der Waals surface area contributed by atoms with Gasteiger partial charge in [-0.1, -0.05) is 24.3 Å². The maximum Gasteiger partial charge on any atom is 0.271 e. The normalized spacial score (nSPS) is 17.7. The van der Waals surface area contributed by atoms with Crippen LogP contribution in [0.15, 0.2) is 91.3 Å². The van der Waals surface area contributed by atoms with Crippen LogP contribution in [-0.2, 0) is 0 Å².